The highest BCUT2D eigenvalue weighted by Gasteiger charge is 2.41. The molecule has 16 heteroatoms. The second-order valence-electron chi connectivity index (χ2n) is 9.66. The molecular formula is C27H30FN7O7S. The molecule has 0 amide bonds. The average Bonchev–Trinajstić information content (AvgIpc) is 3.62. The summed E-state index contributed by atoms with van der Waals surface area (Å²) in [7, 11) is -1.33. The Morgan fingerprint density at radius 1 is 1.09 bits per heavy atom. The first-order chi connectivity index (χ1) is 20.6. The van der Waals surface area contributed by atoms with Crippen LogP contribution in [-0.4, -0.2) is 78.3 Å². The van der Waals surface area contributed by atoms with E-state index < -0.39 is 33.0 Å². The van der Waals surface area contributed by atoms with Crippen LogP contribution in [0.25, 0.3) is 17.3 Å². The maximum Gasteiger partial charge on any atom is 0.310 e. The highest BCUT2D eigenvalue weighted by Crippen LogP contribution is 2.38. The van der Waals surface area contributed by atoms with Gasteiger partial charge < -0.3 is 23.5 Å². The molecular weight excluding hydrogens is 585 g/mol. The van der Waals surface area contributed by atoms with Crippen LogP contribution < -0.4 is 19.1 Å². The number of esters is 1. The number of benzene rings is 1. The van der Waals surface area contributed by atoms with E-state index in [1.54, 1.807) is 44.2 Å². The number of aromatic nitrogens is 5. The third-order valence-electron chi connectivity index (χ3n) is 6.84. The lowest BCUT2D eigenvalue weighted by molar-refractivity contribution is -0.148. The number of carbonyl (C=O) groups excluding carboxylic acids is 1. The summed E-state index contributed by atoms with van der Waals surface area (Å²) in [5.41, 5.74) is 0.327. The van der Waals surface area contributed by atoms with Gasteiger partial charge in [-0.2, -0.15) is 0 Å². The molecule has 0 bridgehead atoms. The SMILES string of the molecule is CCOC(=O)[C@H]1C[C@H](S(=O)(=O)Nc2nnc(-c3ccc(C)o3)n2-c2c(OC)cccc2OC)CN(c2ncc(F)cn2)C1. The highest BCUT2D eigenvalue weighted by molar-refractivity contribution is 7.93. The molecule has 1 aliphatic heterocycles. The van der Waals surface area contributed by atoms with E-state index in [4.69, 9.17) is 18.6 Å². The Kier molecular flexibility index (Phi) is 8.47. The first kappa shape index (κ1) is 29.8. The molecule has 0 spiro atoms. The van der Waals surface area contributed by atoms with E-state index in [1.165, 1.54) is 23.7 Å². The van der Waals surface area contributed by atoms with E-state index in [1.807, 2.05) is 0 Å². The normalized spacial score (nSPS) is 17.0. The van der Waals surface area contributed by atoms with Gasteiger partial charge in [0.15, 0.2) is 11.6 Å². The molecule has 0 radical (unpaired) electrons. The molecule has 1 fully saturated rings. The summed E-state index contributed by atoms with van der Waals surface area (Å²) >= 11 is 0. The zero-order valence-electron chi connectivity index (χ0n) is 23.9. The van der Waals surface area contributed by atoms with E-state index in [2.05, 4.69) is 24.9 Å². The Hall–Kier alpha value is -4.73. The van der Waals surface area contributed by atoms with E-state index in [-0.39, 0.29) is 43.8 Å². The lowest BCUT2D eigenvalue weighted by atomic mass is 9.98. The second kappa shape index (κ2) is 12.2. The van der Waals surface area contributed by atoms with Gasteiger partial charge in [0.1, 0.15) is 22.9 Å². The molecule has 1 aliphatic rings. The van der Waals surface area contributed by atoms with Crippen molar-refractivity contribution in [2.75, 3.05) is 43.5 Å². The Bertz CT molecular complexity index is 1690. The summed E-state index contributed by atoms with van der Waals surface area (Å²) in [5.74, 6) is -0.317. The molecule has 0 saturated carbocycles. The molecule has 4 aromatic rings. The Morgan fingerprint density at radius 3 is 2.40 bits per heavy atom. The summed E-state index contributed by atoms with van der Waals surface area (Å²) in [6.45, 7) is 3.54. The molecule has 228 valence electrons. The van der Waals surface area contributed by atoms with Crippen LogP contribution in [0.15, 0.2) is 47.1 Å². The average molecular weight is 616 g/mol. The number of carbonyl (C=O) groups is 1. The van der Waals surface area contributed by atoms with Crippen molar-refractivity contribution in [3.63, 3.8) is 0 Å². The maximum atomic E-state index is 14.0. The lowest BCUT2D eigenvalue weighted by Crippen LogP contribution is -2.50. The number of hydrogen-bond donors (Lipinski definition) is 1. The van der Waals surface area contributed by atoms with Crippen LogP contribution in [-0.2, 0) is 19.6 Å². The topological polar surface area (TPSA) is 164 Å². The first-order valence-corrected chi connectivity index (χ1v) is 14.8. The number of furan rings is 1. The largest absolute Gasteiger partial charge is 0.494 e. The monoisotopic (exact) mass is 615 g/mol. The van der Waals surface area contributed by atoms with Crippen LogP contribution in [0.1, 0.15) is 19.1 Å². The minimum atomic E-state index is -4.26. The van der Waals surface area contributed by atoms with Crippen molar-refractivity contribution in [1.29, 1.82) is 0 Å². The number of anilines is 2. The second-order valence-corrected chi connectivity index (χ2v) is 11.6. The van der Waals surface area contributed by atoms with E-state index in [0.717, 1.165) is 12.4 Å². The number of sulfonamides is 1. The van der Waals surface area contributed by atoms with Crippen molar-refractivity contribution < 1.29 is 36.2 Å². The van der Waals surface area contributed by atoms with E-state index in [9.17, 15) is 17.6 Å². The Morgan fingerprint density at radius 2 is 1.79 bits per heavy atom. The van der Waals surface area contributed by atoms with Gasteiger partial charge in [-0.15, -0.1) is 10.2 Å². The van der Waals surface area contributed by atoms with Gasteiger partial charge in [0, 0.05) is 13.1 Å². The Labute approximate surface area is 246 Å². The van der Waals surface area contributed by atoms with Gasteiger partial charge in [-0.25, -0.2) is 22.8 Å². The molecule has 3 aromatic heterocycles. The predicted octanol–water partition coefficient (Wildman–Crippen LogP) is 2.98. The number of rotatable bonds is 10. The summed E-state index contributed by atoms with van der Waals surface area (Å²) in [6, 6.07) is 8.50. The standard InChI is InChI=1S/C27H30FN7O7S/c1-5-41-25(36)17-11-19(15-34(14-17)26-29-12-18(28)13-30-26)43(37,38)33-27-32-31-24(22-10-9-16(2)42-22)35(27)23-20(39-3)7-6-8-21(23)40-4/h6-10,12-13,17,19H,5,11,14-15H2,1-4H3,(H,32,33)/t17-,19-/m0/s1. The number of ether oxygens (including phenoxy) is 3. The molecule has 14 nitrogen and oxygen atoms in total. The molecule has 5 rings (SSSR count). The highest BCUT2D eigenvalue weighted by atomic mass is 32.2. The summed E-state index contributed by atoms with van der Waals surface area (Å²) in [5, 5.41) is 7.25. The number of para-hydroxylation sites is 1. The third kappa shape index (κ3) is 6.09. The smallest absolute Gasteiger partial charge is 0.310 e. The number of halogens is 1. The van der Waals surface area contributed by atoms with Crippen molar-refractivity contribution in [3.05, 3.63) is 54.3 Å². The maximum absolute atomic E-state index is 14.0. The number of hydrogen-bond acceptors (Lipinski definition) is 12. The lowest BCUT2D eigenvalue weighted by Gasteiger charge is -2.36. The van der Waals surface area contributed by atoms with Crippen molar-refractivity contribution in [2.45, 2.75) is 25.5 Å². The van der Waals surface area contributed by atoms with E-state index in [0.29, 0.717) is 28.7 Å². The predicted molar refractivity (Wildman–Crippen MR) is 152 cm³/mol. The summed E-state index contributed by atoms with van der Waals surface area (Å²) in [4.78, 5) is 22.2. The molecule has 1 aromatic carbocycles. The van der Waals surface area contributed by atoms with Gasteiger partial charge in [-0.3, -0.25) is 14.1 Å². The van der Waals surface area contributed by atoms with Crippen LogP contribution in [0.2, 0.25) is 0 Å². The molecule has 43 heavy (non-hydrogen) atoms. The minimum Gasteiger partial charge on any atom is -0.494 e. The molecule has 4 heterocycles. The van der Waals surface area contributed by atoms with Crippen LogP contribution >= 0.6 is 0 Å². The van der Waals surface area contributed by atoms with Gasteiger partial charge in [-0.1, -0.05) is 6.07 Å². The van der Waals surface area contributed by atoms with Gasteiger partial charge in [0.25, 0.3) is 0 Å². The van der Waals surface area contributed by atoms with Gasteiger partial charge in [0.05, 0.1) is 44.4 Å². The van der Waals surface area contributed by atoms with E-state index >= 15 is 0 Å². The van der Waals surface area contributed by atoms with Gasteiger partial charge >= 0.3 is 5.97 Å². The first-order valence-electron chi connectivity index (χ1n) is 13.3. The fourth-order valence-electron chi connectivity index (χ4n) is 4.88. The van der Waals surface area contributed by atoms with Crippen LogP contribution in [0.4, 0.5) is 16.3 Å². The number of aryl methyl sites for hydroxylation is 1. The molecule has 2 atom stereocenters. The van der Waals surface area contributed by atoms with Gasteiger partial charge in [0.2, 0.25) is 27.7 Å². The molecule has 1 N–H and O–H groups in total. The third-order valence-corrected chi connectivity index (χ3v) is 8.53. The van der Waals surface area contributed by atoms with Crippen molar-refractivity contribution in [1.82, 2.24) is 24.7 Å². The summed E-state index contributed by atoms with van der Waals surface area (Å²) in [6.07, 6.45) is 1.89. The number of piperidine rings is 1. The van der Waals surface area contributed by atoms with Crippen LogP contribution in [0, 0.1) is 18.7 Å². The molecule has 1 saturated heterocycles. The fourth-order valence-corrected chi connectivity index (χ4v) is 6.29. The number of methoxy groups -OCH3 is 2. The van der Waals surface area contributed by atoms with Crippen molar-refractivity contribution >= 4 is 27.9 Å². The minimum absolute atomic E-state index is 0.0534. The van der Waals surface area contributed by atoms with Crippen LogP contribution in [0.5, 0.6) is 11.5 Å². The van der Waals surface area contributed by atoms with Crippen molar-refractivity contribution in [2.24, 2.45) is 5.92 Å². The summed E-state index contributed by atoms with van der Waals surface area (Å²) < 4.78 is 67.7. The molecule has 0 unspecified atom stereocenters. The zero-order chi connectivity index (χ0) is 30.7. The Balaban J connectivity index is 1.57. The van der Waals surface area contributed by atoms with Crippen molar-refractivity contribution in [3.8, 4) is 28.8 Å². The number of nitrogens with one attached hydrogen (secondary N) is 1. The van der Waals surface area contributed by atoms with Crippen LogP contribution in [0.3, 0.4) is 0 Å². The quantitative estimate of drug-likeness (QED) is 0.260. The molecule has 0 aliphatic carbocycles. The fraction of sp³-hybridized carbons (Fsp3) is 0.370. The zero-order valence-corrected chi connectivity index (χ0v) is 24.7. The van der Waals surface area contributed by atoms with Gasteiger partial charge in [-0.05, 0) is 44.5 Å². The number of nitrogens with zero attached hydrogens (tertiary/aromatic N) is 6.